The van der Waals surface area contributed by atoms with E-state index in [1.54, 1.807) is 12.1 Å². The van der Waals surface area contributed by atoms with Crippen LogP contribution < -0.4 is 4.90 Å². The SMILES string of the molecule is C/C(=C\C(C)(C)C(F)(F)F)c1cccc(N(CC(F)F)c2nc3nncn3c3cccc(F)c23)c1. The smallest absolute Gasteiger partial charge is 0.320 e. The Kier molecular flexibility index (Phi) is 6.20. The molecule has 0 aliphatic heterocycles. The van der Waals surface area contributed by atoms with E-state index in [1.165, 1.54) is 48.0 Å². The number of fused-ring (bicyclic) bond motifs is 3. The number of benzene rings is 2. The molecule has 2 aromatic carbocycles. The maximum Gasteiger partial charge on any atom is 0.397 e. The maximum atomic E-state index is 15.0. The number of hydrogen-bond acceptors (Lipinski definition) is 4. The maximum absolute atomic E-state index is 15.0. The van der Waals surface area contributed by atoms with Gasteiger partial charge in [-0.05, 0) is 56.2 Å². The average Bonchev–Trinajstić information content (AvgIpc) is 3.25. The highest BCUT2D eigenvalue weighted by atomic mass is 19.4. The largest absolute Gasteiger partial charge is 0.397 e. The number of hydrogen-bond donors (Lipinski definition) is 0. The van der Waals surface area contributed by atoms with E-state index in [0.717, 1.165) is 24.8 Å². The standard InChI is InChI=1S/C24H21F6N5/c1-14(11-23(2,3)24(28,29)30)15-6-4-7-16(10-15)34(12-19(26)27)21-20-17(25)8-5-9-18(20)35-13-31-33-22(35)32-21/h4-11,13,19H,12H2,1-3H3/b14-11+. The van der Waals surface area contributed by atoms with E-state index in [9.17, 15) is 26.3 Å². The van der Waals surface area contributed by atoms with Gasteiger partial charge in [-0.25, -0.2) is 13.2 Å². The van der Waals surface area contributed by atoms with Crippen molar-refractivity contribution in [3.63, 3.8) is 0 Å². The first-order valence-corrected chi connectivity index (χ1v) is 10.6. The number of halogens is 6. The Balaban J connectivity index is 1.90. The van der Waals surface area contributed by atoms with Gasteiger partial charge in [0.05, 0.1) is 22.9 Å². The zero-order valence-electron chi connectivity index (χ0n) is 19.0. The molecule has 0 radical (unpaired) electrons. The van der Waals surface area contributed by atoms with E-state index >= 15 is 0 Å². The summed E-state index contributed by atoms with van der Waals surface area (Å²) in [4.78, 5) is 5.43. The number of nitrogens with zero attached hydrogens (tertiary/aromatic N) is 5. The number of aromatic nitrogens is 4. The zero-order valence-corrected chi connectivity index (χ0v) is 19.0. The highest BCUT2D eigenvalue weighted by Gasteiger charge is 2.45. The van der Waals surface area contributed by atoms with E-state index in [2.05, 4.69) is 15.2 Å². The lowest BCUT2D eigenvalue weighted by Crippen LogP contribution is -2.30. The molecular formula is C24H21F6N5. The summed E-state index contributed by atoms with van der Waals surface area (Å²) in [6, 6.07) is 10.3. The molecule has 11 heteroatoms. The minimum absolute atomic E-state index is 0.0173. The fourth-order valence-corrected chi connectivity index (χ4v) is 3.83. The minimum Gasteiger partial charge on any atom is -0.320 e. The average molecular weight is 493 g/mol. The van der Waals surface area contributed by atoms with Crippen LogP contribution in [0.15, 0.2) is 54.9 Å². The third-order valence-electron chi connectivity index (χ3n) is 5.71. The molecule has 5 nitrogen and oxygen atoms in total. The summed E-state index contributed by atoms with van der Waals surface area (Å²) in [5.41, 5.74) is -0.861. The molecule has 0 aliphatic rings. The lowest BCUT2D eigenvalue weighted by atomic mass is 9.88. The topological polar surface area (TPSA) is 46.3 Å². The molecule has 0 amide bonds. The van der Waals surface area contributed by atoms with Crippen molar-refractivity contribution in [1.29, 1.82) is 0 Å². The van der Waals surface area contributed by atoms with Crippen LogP contribution in [-0.4, -0.2) is 38.7 Å². The van der Waals surface area contributed by atoms with Gasteiger partial charge in [-0.15, -0.1) is 10.2 Å². The number of anilines is 2. The highest BCUT2D eigenvalue weighted by Crippen LogP contribution is 2.41. The second kappa shape index (κ2) is 8.86. The van der Waals surface area contributed by atoms with E-state index in [0.29, 0.717) is 16.7 Å². The summed E-state index contributed by atoms with van der Waals surface area (Å²) >= 11 is 0. The summed E-state index contributed by atoms with van der Waals surface area (Å²) in [6.07, 6.45) is -4.87. The molecule has 2 heterocycles. The second-order valence-corrected chi connectivity index (χ2v) is 8.67. The quantitative estimate of drug-likeness (QED) is 0.277. The Morgan fingerprint density at radius 1 is 1.11 bits per heavy atom. The van der Waals surface area contributed by atoms with E-state index < -0.39 is 30.4 Å². The molecule has 0 unspecified atom stereocenters. The summed E-state index contributed by atoms with van der Waals surface area (Å²) < 4.78 is 83.9. The van der Waals surface area contributed by atoms with E-state index in [1.807, 2.05) is 0 Å². The van der Waals surface area contributed by atoms with E-state index in [4.69, 9.17) is 0 Å². The van der Waals surface area contributed by atoms with Gasteiger partial charge in [0.2, 0.25) is 0 Å². The lowest BCUT2D eigenvalue weighted by Gasteiger charge is -2.27. The van der Waals surface area contributed by atoms with Crippen LogP contribution in [0.2, 0.25) is 0 Å². The predicted octanol–water partition coefficient (Wildman–Crippen LogP) is 6.81. The van der Waals surface area contributed by atoms with Gasteiger partial charge in [0.1, 0.15) is 18.0 Å². The van der Waals surface area contributed by atoms with Crippen LogP contribution in [0.4, 0.5) is 37.8 Å². The molecule has 184 valence electrons. The Hall–Kier alpha value is -3.63. The molecule has 0 saturated carbocycles. The summed E-state index contributed by atoms with van der Waals surface area (Å²) in [5, 5.41) is 7.62. The predicted molar refractivity (Wildman–Crippen MR) is 121 cm³/mol. The van der Waals surface area contributed by atoms with Crippen LogP contribution in [0.1, 0.15) is 26.3 Å². The van der Waals surface area contributed by atoms with Gasteiger partial charge in [0, 0.05) is 5.69 Å². The van der Waals surface area contributed by atoms with Crippen LogP contribution in [0.5, 0.6) is 0 Å². The highest BCUT2D eigenvalue weighted by molar-refractivity contribution is 5.94. The fraction of sp³-hybridized carbons (Fsp3) is 0.292. The molecule has 0 aliphatic carbocycles. The third kappa shape index (κ3) is 4.67. The molecule has 0 spiro atoms. The molecule has 0 atom stereocenters. The van der Waals surface area contributed by atoms with Crippen molar-refractivity contribution in [1.82, 2.24) is 19.6 Å². The van der Waals surface area contributed by atoms with E-state index in [-0.39, 0.29) is 22.7 Å². The summed E-state index contributed by atoms with van der Waals surface area (Å²) in [5.74, 6) is -0.705. The normalized spacial score (nSPS) is 13.3. The molecule has 0 fully saturated rings. The zero-order chi connectivity index (χ0) is 25.5. The van der Waals surface area contributed by atoms with Crippen molar-refractivity contribution in [3.8, 4) is 0 Å². The summed E-state index contributed by atoms with van der Waals surface area (Å²) in [7, 11) is 0. The Morgan fingerprint density at radius 3 is 2.51 bits per heavy atom. The Labute approximate surface area is 196 Å². The van der Waals surface area contributed by atoms with Gasteiger partial charge >= 0.3 is 6.18 Å². The first-order valence-electron chi connectivity index (χ1n) is 10.6. The van der Waals surface area contributed by atoms with Crippen LogP contribution in [0, 0.1) is 11.2 Å². The summed E-state index contributed by atoms with van der Waals surface area (Å²) in [6.45, 7) is 2.78. The molecule has 4 aromatic rings. The van der Waals surface area contributed by atoms with Gasteiger partial charge in [-0.1, -0.05) is 24.3 Å². The van der Waals surface area contributed by atoms with Gasteiger partial charge < -0.3 is 4.90 Å². The van der Waals surface area contributed by atoms with Crippen molar-refractivity contribution < 1.29 is 26.3 Å². The Bertz CT molecular complexity index is 1410. The molecule has 35 heavy (non-hydrogen) atoms. The van der Waals surface area contributed by atoms with Gasteiger partial charge in [-0.3, -0.25) is 4.40 Å². The molecule has 0 bridgehead atoms. The van der Waals surface area contributed by atoms with Crippen molar-refractivity contribution in [3.05, 3.63) is 66.2 Å². The number of rotatable bonds is 6. The van der Waals surface area contributed by atoms with Crippen molar-refractivity contribution in [2.24, 2.45) is 5.41 Å². The van der Waals surface area contributed by atoms with Gasteiger partial charge in [0.25, 0.3) is 12.2 Å². The fourth-order valence-electron chi connectivity index (χ4n) is 3.83. The van der Waals surface area contributed by atoms with Crippen LogP contribution >= 0.6 is 0 Å². The van der Waals surface area contributed by atoms with Crippen LogP contribution in [0.3, 0.4) is 0 Å². The first-order chi connectivity index (χ1) is 16.4. The number of alkyl halides is 5. The van der Waals surface area contributed by atoms with Crippen molar-refractivity contribution in [2.45, 2.75) is 33.4 Å². The first kappa shape index (κ1) is 24.5. The Morgan fingerprint density at radius 2 is 1.83 bits per heavy atom. The van der Waals surface area contributed by atoms with Crippen molar-refractivity contribution >= 4 is 33.8 Å². The van der Waals surface area contributed by atoms with Crippen LogP contribution in [-0.2, 0) is 0 Å². The molecule has 0 saturated heterocycles. The molecule has 4 rings (SSSR count). The third-order valence-corrected chi connectivity index (χ3v) is 5.71. The molecular weight excluding hydrogens is 472 g/mol. The second-order valence-electron chi connectivity index (χ2n) is 8.67. The van der Waals surface area contributed by atoms with Crippen molar-refractivity contribution in [2.75, 3.05) is 11.4 Å². The van der Waals surface area contributed by atoms with Gasteiger partial charge in [0.15, 0.2) is 0 Å². The minimum atomic E-state index is -4.47. The van der Waals surface area contributed by atoms with Crippen LogP contribution in [0.25, 0.3) is 22.3 Å². The molecule has 0 N–H and O–H groups in total. The monoisotopic (exact) mass is 493 g/mol. The number of allylic oxidation sites excluding steroid dienone is 2. The molecule has 2 aromatic heterocycles. The van der Waals surface area contributed by atoms with Gasteiger partial charge in [-0.2, -0.15) is 18.2 Å². The lowest BCUT2D eigenvalue weighted by molar-refractivity contribution is -0.193.